The summed E-state index contributed by atoms with van der Waals surface area (Å²) in [7, 11) is 0. The fourth-order valence-electron chi connectivity index (χ4n) is 3.64. The Morgan fingerprint density at radius 2 is 2.20 bits per heavy atom. The van der Waals surface area contributed by atoms with Crippen LogP contribution in [0.15, 0.2) is 18.3 Å². The van der Waals surface area contributed by atoms with Gasteiger partial charge in [0.1, 0.15) is 0 Å². The Balaban J connectivity index is 0.00000147. The van der Waals surface area contributed by atoms with E-state index < -0.39 is 0 Å². The summed E-state index contributed by atoms with van der Waals surface area (Å²) in [5.74, 6) is 2.58. The van der Waals surface area contributed by atoms with E-state index in [1.54, 1.807) is 12.3 Å². The number of hydrogen-bond donors (Lipinski definition) is 2. The molecule has 0 saturated heterocycles. The second-order valence-corrected chi connectivity index (χ2v) is 6.00. The average Bonchev–Trinajstić information content (AvgIpc) is 3.01. The van der Waals surface area contributed by atoms with Crippen LogP contribution in [0.1, 0.15) is 31.4 Å². The van der Waals surface area contributed by atoms with Crippen molar-refractivity contribution < 1.29 is 4.79 Å². The van der Waals surface area contributed by atoms with E-state index in [0.717, 1.165) is 24.1 Å². The minimum atomic E-state index is 0. The van der Waals surface area contributed by atoms with Gasteiger partial charge in [-0.3, -0.25) is 9.78 Å². The molecular weight excluding hydrogens is 274 g/mol. The number of carbonyl (C=O) groups excluding carboxylic acids is 1. The molecule has 1 aromatic heterocycles. The maximum absolute atomic E-state index is 11.9. The number of nitrogens with zero attached hydrogens (tertiary/aromatic N) is 1. The Kier molecular flexibility index (Phi) is 4.86. The van der Waals surface area contributed by atoms with E-state index in [1.165, 1.54) is 25.7 Å². The lowest BCUT2D eigenvalue weighted by Gasteiger charge is -2.21. The van der Waals surface area contributed by atoms with E-state index in [1.807, 2.05) is 6.07 Å². The third kappa shape index (κ3) is 3.42. The number of nitrogens with two attached hydrogens (primary N) is 1. The number of pyridine rings is 1. The van der Waals surface area contributed by atoms with Gasteiger partial charge in [0.05, 0.1) is 18.3 Å². The van der Waals surface area contributed by atoms with E-state index in [-0.39, 0.29) is 18.3 Å². The minimum absolute atomic E-state index is 0. The van der Waals surface area contributed by atoms with Crippen molar-refractivity contribution in [3.05, 3.63) is 24.0 Å². The quantitative estimate of drug-likeness (QED) is 0.894. The van der Waals surface area contributed by atoms with Crippen molar-refractivity contribution >= 4 is 24.0 Å². The molecule has 2 aliphatic carbocycles. The van der Waals surface area contributed by atoms with Crippen LogP contribution in [0.25, 0.3) is 0 Å². The lowest BCUT2D eigenvalue weighted by Crippen LogP contribution is -2.32. The highest BCUT2D eigenvalue weighted by Gasteiger charge is 2.39. The largest absolute Gasteiger partial charge is 0.397 e. The summed E-state index contributed by atoms with van der Waals surface area (Å²) in [4.78, 5) is 16.0. The van der Waals surface area contributed by atoms with Gasteiger partial charge >= 0.3 is 0 Å². The first kappa shape index (κ1) is 15.1. The van der Waals surface area contributed by atoms with Crippen LogP contribution in [0.2, 0.25) is 0 Å². The molecule has 20 heavy (non-hydrogen) atoms. The summed E-state index contributed by atoms with van der Waals surface area (Å²) in [5.41, 5.74) is 6.98. The molecule has 1 aromatic rings. The van der Waals surface area contributed by atoms with Crippen LogP contribution in [0.3, 0.4) is 0 Å². The first-order valence-electron chi connectivity index (χ1n) is 7.18. The van der Waals surface area contributed by atoms with Crippen molar-refractivity contribution in [2.45, 2.75) is 32.1 Å². The fraction of sp³-hybridized carbons (Fsp3) is 0.600. The van der Waals surface area contributed by atoms with Gasteiger partial charge in [0, 0.05) is 12.2 Å². The molecule has 2 fully saturated rings. The Morgan fingerprint density at radius 3 is 2.80 bits per heavy atom. The second kappa shape index (κ2) is 6.44. The predicted molar refractivity (Wildman–Crippen MR) is 81.5 cm³/mol. The van der Waals surface area contributed by atoms with E-state index in [0.29, 0.717) is 18.0 Å². The lowest BCUT2D eigenvalue weighted by atomic mass is 9.89. The van der Waals surface area contributed by atoms with Crippen molar-refractivity contribution in [3.8, 4) is 0 Å². The predicted octanol–water partition coefficient (Wildman–Crippen LogP) is 2.18. The minimum Gasteiger partial charge on any atom is -0.397 e. The maximum Gasteiger partial charge on any atom is 0.226 e. The number of hydrogen-bond acceptors (Lipinski definition) is 3. The third-order valence-electron chi connectivity index (χ3n) is 4.64. The van der Waals surface area contributed by atoms with E-state index in [2.05, 4.69) is 10.3 Å². The number of carbonyl (C=O) groups is 1. The highest BCUT2D eigenvalue weighted by Crippen LogP contribution is 2.47. The standard InChI is InChI=1S/C15H21N3O.ClH/c16-13-3-4-14(17-9-13)7-15(19)18-8-12-6-10-1-2-11(12)5-10;/h3-4,9-12H,1-2,5-8,16H2,(H,18,19);1H. The number of halogens is 1. The molecule has 3 unspecified atom stereocenters. The molecule has 3 N–H and O–H groups in total. The second-order valence-electron chi connectivity index (χ2n) is 6.00. The molecule has 0 aliphatic heterocycles. The molecule has 0 radical (unpaired) electrons. The van der Waals surface area contributed by atoms with E-state index in [4.69, 9.17) is 5.73 Å². The molecule has 3 atom stereocenters. The summed E-state index contributed by atoms with van der Waals surface area (Å²) >= 11 is 0. The highest BCUT2D eigenvalue weighted by molar-refractivity contribution is 5.85. The first-order chi connectivity index (χ1) is 9.20. The zero-order valence-corrected chi connectivity index (χ0v) is 12.4. The summed E-state index contributed by atoms with van der Waals surface area (Å²) in [6.07, 6.45) is 7.42. The molecule has 0 aromatic carbocycles. The number of anilines is 1. The van der Waals surface area contributed by atoms with Crippen LogP contribution >= 0.6 is 12.4 Å². The third-order valence-corrected chi connectivity index (χ3v) is 4.64. The SMILES string of the molecule is Cl.Nc1ccc(CC(=O)NCC2CC3CCC2C3)nc1. The monoisotopic (exact) mass is 295 g/mol. The molecule has 2 saturated carbocycles. The number of nitrogens with one attached hydrogen (secondary N) is 1. The van der Waals surface area contributed by atoms with Crippen LogP contribution in [-0.2, 0) is 11.2 Å². The fourth-order valence-corrected chi connectivity index (χ4v) is 3.64. The molecule has 4 nitrogen and oxygen atoms in total. The average molecular weight is 296 g/mol. The summed E-state index contributed by atoms with van der Waals surface area (Å²) in [5, 5.41) is 3.06. The van der Waals surface area contributed by atoms with Crippen molar-refractivity contribution in [1.29, 1.82) is 0 Å². The van der Waals surface area contributed by atoms with E-state index >= 15 is 0 Å². The molecule has 5 heteroatoms. The van der Waals surface area contributed by atoms with Gasteiger partial charge in [-0.15, -0.1) is 12.4 Å². The van der Waals surface area contributed by atoms with Crippen LogP contribution in [0.4, 0.5) is 5.69 Å². The molecule has 1 amide bonds. The van der Waals surface area contributed by atoms with Gasteiger partial charge in [0.2, 0.25) is 5.91 Å². The molecule has 3 rings (SSSR count). The van der Waals surface area contributed by atoms with Crippen molar-refractivity contribution in [2.24, 2.45) is 17.8 Å². The molecule has 2 aliphatic rings. The molecule has 1 heterocycles. The van der Waals surface area contributed by atoms with Gasteiger partial charge in [-0.2, -0.15) is 0 Å². The number of rotatable bonds is 4. The van der Waals surface area contributed by atoms with Gasteiger partial charge in [0.25, 0.3) is 0 Å². The Bertz CT molecular complexity index is 463. The summed E-state index contributed by atoms with van der Waals surface area (Å²) < 4.78 is 0. The van der Waals surface area contributed by atoms with Crippen LogP contribution in [0.5, 0.6) is 0 Å². The zero-order valence-electron chi connectivity index (χ0n) is 11.5. The maximum atomic E-state index is 11.9. The molecule has 2 bridgehead atoms. The summed E-state index contributed by atoms with van der Waals surface area (Å²) in [6, 6.07) is 3.60. The van der Waals surface area contributed by atoms with Crippen molar-refractivity contribution in [3.63, 3.8) is 0 Å². The molecule has 110 valence electrons. The topological polar surface area (TPSA) is 68.0 Å². The van der Waals surface area contributed by atoms with Gasteiger partial charge in [-0.25, -0.2) is 0 Å². The Morgan fingerprint density at radius 1 is 1.35 bits per heavy atom. The van der Waals surface area contributed by atoms with Gasteiger partial charge in [-0.05, 0) is 49.1 Å². The lowest BCUT2D eigenvalue weighted by molar-refractivity contribution is -0.120. The van der Waals surface area contributed by atoms with Crippen LogP contribution in [0, 0.1) is 17.8 Å². The van der Waals surface area contributed by atoms with Gasteiger partial charge in [0.15, 0.2) is 0 Å². The van der Waals surface area contributed by atoms with Gasteiger partial charge in [-0.1, -0.05) is 6.42 Å². The van der Waals surface area contributed by atoms with Crippen molar-refractivity contribution in [2.75, 3.05) is 12.3 Å². The van der Waals surface area contributed by atoms with Crippen molar-refractivity contribution in [1.82, 2.24) is 10.3 Å². The summed E-state index contributed by atoms with van der Waals surface area (Å²) in [6.45, 7) is 0.842. The number of fused-ring (bicyclic) bond motifs is 2. The molecule has 0 spiro atoms. The normalized spacial score (nSPS) is 27.1. The van der Waals surface area contributed by atoms with Crippen LogP contribution in [-0.4, -0.2) is 17.4 Å². The highest BCUT2D eigenvalue weighted by atomic mass is 35.5. The Hall–Kier alpha value is -1.29. The number of amides is 1. The molecular formula is C15H22ClN3O. The Labute approximate surface area is 125 Å². The zero-order chi connectivity index (χ0) is 13.2. The van der Waals surface area contributed by atoms with E-state index in [9.17, 15) is 4.79 Å². The van der Waals surface area contributed by atoms with Gasteiger partial charge < -0.3 is 11.1 Å². The number of aromatic nitrogens is 1. The first-order valence-corrected chi connectivity index (χ1v) is 7.18. The smallest absolute Gasteiger partial charge is 0.226 e. The van der Waals surface area contributed by atoms with Crippen LogP contribution < -0.4 is 11.1 Å². The number of nitrogen functional groups attached to an aromatic ring is 1.